The molecule has 2 heterocycles. The van der Waals surface area contributed by atoms with E-state index < -0.39 is 0 Å². The zero-order valence-electron chi connectivity index (χ0n) is 9.54. The van der Waals surface area contributed by atoms with Gasteiger partial charge in [0.15, 0.2) is 0 Å². The fourth-order valence-corrected chi connectivity index (χ4v) is 1.26. The summed E-state index contributed by atoms with van der Waals surface area (Å²) in [5, 5.41) is 0. The van der Waals surface area contributed by atoms with Gasteiger partial charge in [-0.15, -0.1) is 0 Å². The lowest BCUT2D eigenvalue weighted by Gasteiger charge is -2.06. The van der Waals surface area contributed by atoms with Crippen LogP contribution in [0.4, 0.5) is 0 Å². The Labute approximate surface area is 99.5 Å². The molecule has 0 aromatic carbocycles. The third-order valence-electron chi connectivity index (χ3n) is 1.99. The highest BCUT2D eigenvalue weighted by molar-refractivity contribution is 5.14. The van der Waals surface area contributed by atoms with Gasteiger partial charge in [-0.1, -0.05) is 6.07 Å². The van der Waals surface area contributed by atoms with Crippen molar-refractivity contribution in [3.8, 4) is 11.8 Å². The van der Waals surface area contributed by atoms with Crippen LogP contribution in [0, 0.1) is 0 Å². The number of ether oxygens (including phenoxy) is 2. The lowest BCUT2D eigenvalue weighted by molar-refractivity contribution is 0.276. The topological polar surface area (TPSA) is 57.1 Å². The van der Waals surface area contributed by atoms with E-state index in [2.05, 4.69) is 15.0 Å². The molecular weight excluding hydrogens is 218 g/mol. The van der Waals surface area contributed by atoms with Crippen molar-refractivity contribution >= 4 is 0 Å². The van der Waals surface area contributed by atoms with E-state index in [4.69, 9.17) is 9.47 Å². The molecule has 0 spiro atoms. The Kier molecular flexibility index (Phi) is 3.85. The first-order valence-corrected chi connectivity index (χ1v) is 5.35. The number of aromatic nitrogens is 3. The van der Waals surface area contributed by atoms with Crippen LogP contribution in [0.15, 0.2) is 36.9 Å². The van der Waals surface area contributed by atoms with E-state index >= 15 is 0 Å². The molecule has 2 rings (SSSR count). The van der Waals surface area contributed by atoms with Gasteiger partial charge in [-0.25, -0.2) is 0 Å². The molecular formula is C12H13N3O2. The SMILES string of the molecule is CCOc1cncc(OCc2cccnc2)n1. The van der Waals surface area contributed by atoms with Crippen molar-refractivity contribution in [2.45, 2.75) is 13.5 Å². The number of nitrogens with zero attached hydrogens (tertiary/aromatic N) is 3. The van der Waals surface area contributed by atoms with Gasteiger partial charge in [-0.2, -0.15) is 4.98 Å². The van der Waals surface area contributed by atoms with Crippen molar-refractivity contribution in [1.29, 1.82) is 0 Å². The van der Waals surface area contributed by atoms with Gasteiger partial charge >= 0.3 is 0 Å². The maximum atomic E-state index is 5.49. The minimum Gasteiger partial charge on any atom is -0.477 e. The average molecular weight is 231 g/mol. The fourth-order valence-electron chi connectivity index (χ4n) is 1.26. The molecule has 0 saturated heterocycles. The van der Waals surface area contributed by atoms with Gasteiger partial charge in [0.05, 0.1) is 19.0 Å². The molecule has 0 unspecified atom stereocenters. The van der Waals surface area contributed by atoms with Gasteiger partial charge in [0.1, 0.15) is 6.61 Å². The van der Waals surface area contributed by atoms with Gasteiger partial charge in [-0.05, 0) is 13.0 Å². The summed E-state index contributed by atoms with van der Waals surface area (Å²) >= 11 is 0. The smallest absolute Gasteiger partial charge is 0.235 e. The Hall–Kier alpha value is -2.17. The van der Waals surface area contributed by atoms with Crippen molar-refractivity contribution < 1.29 is 9.47 Å². The van der Waals surface area contributed by atoms with E-state index in [1.807, 2.05) is 19.1 Å². The molecule has 5 nitrogen and oxygen atoms in total. The van der Waals surface area contributed by atoms with Gasteiger partial charge in [0, 0.05) is 18.0 Å². The van der Waals surface area contributed by atoms with E-state index in [-0.39, 0.29) is 0 Å². The zero-order chi connectivity index (χ0) is 11.9. The molecule has 0 radical (unpaired) electrons. The van der Waals surface area contributed by atoms with Gasteiger partial charge < -0.3 is 9.47 Å². The third kappa shape index (κ3) is 3.41. The lowest BCUT2D eigenvalue weighted by atomic mass is 10.3. The molecule has 0 aliphatic heterocycles. The summed E-state index contributed by atoms with van der Waals surface area (Å²) < 4.78 is 10.7. The molecule has 2 aromatic heterocycles. The van der Waals surface area contributed by atoms with Crippen LogP contribution in [0.25, 0.3) is 0 Å². The Balaban J connectivity index is 1.97. The van der Waals surface area contributed by atoms with E-state index in [9.17, 15) is 0 Å². The molecule has 88 valence electrons. The molecule has 17 heavy (non-hydrogen) atoms. The second-order valence-electron chi connectivity index (χ2n) is 3.28. The molecule has 0 amide bonds. The van der Waals surface area contributed by atoms with Crippen molar-refractivity contribution in [1.82, 2.24) is 15.0 Å². The summed E-state index contributed by atoms with van der Waals surface area (Å²) in [5.41, 5.74) is 0.983. The van der Waals surface area contributed by atoms with Crippen LogP contribution >= 0.6 is 0 Å². The van der Waals surface area contributed by atoms with Crippen molar-refractivity contribution in [2.24, 2.45) is 0 Å². The molecule has 0 atom stereocenters. The number of rotatable bonds is 5. The first-order chi connectivity index (χ1) is 8.38. The molecule has 0 N–H and O–H groups in total. The van der Waals surface area contributed by atoms with E-state index in [1.165, 1.54) is 0 Å². The summed E-state index contributed by atoms with van der Waals surface area (Å²) in [6.45, 7) is 2.86. The highest BCUT2D eigenvalue weighted by Crippen LogP contribution is 2.12. The Morgan fingerprint density at radius 2 is 1.88 bits per heavy atom. The van der Waals surface area contributed by atoms with Crippen LogP contribution in [0.2, 0.25) is 0 Å². The first kappa shape index (κ1) is 11.3. The molecule has 0 fully saturated rings. The van der Waals surface area contributed by atoms with E-state index in [1.54, 1.807) is 24.8 Å². The average Bonchev–Trinajstić information content (AvgIpc) is 2.39. The van der Waals surface area contributed by atoms with E-state index in [0.717, 1.165) is 5.56 Å². The standard InChI is InChI=1S/C12H13N3O2/c1-2-16-11-7-14-8-12(15-11)17-9-10-4-3-5-13-6-10/h3-8H,2,9H2,1H3. The summed E-state index contributed by atoms with van der Waals surface area (Å²) in [4.78, 5) is 12.1. The second kappa shape index (κ2) is 5.79. The lowest BCUT2D eigenvalue weighted by Crippen LogP contribution is -2.00. The predicted molar refractivity (Wildman–Crippen MR) is 61.8 cm³/mol. The monoisotopic (exact) mass is 231 g/mol. The molecule has 5 heteroatoms. The highest BCUT2D eigenvalue weighted by atomic mass is 16.5. The molecule has 0 saturated carbocycles. The van der Waals surface area contributed by atoms with Crippen LogP contribution in [0.1, 0.15) is 12.5 Å². The van der Waals surface area contributed by atoms with Crippen molar-refractivity contribution in [3.05, 3.63) is 42.5 Å². The number of hydrogen-bond donors (Lipinski definition) is 0. The highest BCUT2D eigenvalue weighted by Gasteiger charge is 2.00. The van der Waals surface area contributed by atoms with Crippen LogP contribution in [0.3, 0.4) is 0 Å². The predicted octanol–water partition coefficient (Wildman–Crippen LogP) is 1.85. The minimum absolute atomic E-state index is 0.415. The van der Waals surface area contributed by atoms with Gasteiger partial charge in [0.25, 0.3) is 0 Å². The van der Waals surface area contributed by atoms with E-state index in [0.29, 0.717) is 25.0 Å². The Bertz CT molecular complexity index is 462. The molecule has 0 aliphatic rings. The summed E-state index contributed by atoms with van der Waals surface area (Å²) in [5.74, 6) is 0.913. The Morgan fingerprint density at radius 3 is 2.59 bits per heavy atom. The quantitative estimate of drug-likeness (QED) is 0.786. The van der Waals surface area contributed by atoms with Gasteiger partial charge in [-0.3, -0.25) is 9.97 Å². The summed E-state index contributed by atoms with van der Waals surface area (Å²) in [7, 11) is 0. The van der Waals surface area contributed by atoms with Crippen LogP contribution in [0.5, 0.6) is 11.8 Å². The third-order valence-corrected chi connectivity index (χ3v) is 1.99. The molecule has 2 aromatic rings. The summed E-state index contributed by atoms with van der Waals surface area (Å²) in [6, 6.07) is 3.80. The van der Waals surface area contributed by atoms with Crippen LogP contribution in [-0.2, 0) is 6.61 Å². The first-order valence-electron chi connectivity index (χ1n) is 5.35. The van der Waals surface area contributed by atoms with Crippen molar-refractivity contribution in [2.75, 3.05) is 6.61 Å². The van der Waals surface area contributed by atoms with Gasteiger partial charge in [0.2, 0.25) is 11.8 Å². The van der Waals surface area contributed by atoms with Crippen LogP contribution < -0.4 is 9.47 Å². The Morgan fingerprint density at radius 1 is 1.06 bits per heavy atom. The van der Waals surface area contributed by atoms with Crippen LogP contribution in [-0.4, -0.2) is 21.6 Å². The number of hydrogen-bond acceptors (Lipinski definition) is 5. The molecule has 0 aliphatic carbocycles. The molecule has 0 bridgehead atoms. The zero-order valence-corrected chi connectivity index (χ0v) is 9.54. The number of pyridine rings is 1. The fraction of sp³-hybridized carbons (Fsp3) is 0.250. The maximum Gasteiger partial charge on any atom is 0.235 e. The van der Waals surface area contributed by atoms with Crippen molar-refractivity contribution in [3.63, 3.8) is 0 Å². The maximum absolute atomic E-state index is 5.49. The minimum atomic E-state index is 0.415. The second-order valence-corrected chi connectivity index (χ2v) is 3.28. The summed E-state index contributed by atoms with van der Waals surface area (Å²) in [6.07, 6.45) is 6.58. The normalized spacial score (nSPS) is 9.94. The largest absolute Gasteiger partial charge is 0.477 e.